The Hall–Kier alpha value is -0.0200. The van der Waals surface area contributed by atoms with Gasteiger partial charge in [-0.2, -0.15) is 0 Å². The summed E-state index contributed by atoms with van der Waals surface area (Å²) in [6.45, 7) is 7.95. The zero-order valence-corrected chi connectivity index (χ0v) is 7.65. The number of hydrogen-bond donors (Lipinski definition) is 1. The Morgan fingerprint density at radius 3 is 2.50 bits per heavy atom. The van der Waals surface area contributed by atoms with Crippen LogP contribution in [0.4, 0.5) is 0 Å². The first-order valence-corrected chi connectivity index (χ1v) is 3.94. The minimum atomic E-state index is 0.494. The Morgan fingerprint density at radius 2 is 2.10 bits per heavy atom. The number of thiocarbonyl (C=S) groups is 2. The fourth-order valence-corrected chi connectivity index (χ4v) is 0.684. The van der Waals surface area contributed by atoms with Gasteiger partial charge in [-0.25, -0.2) is 0 Å². The minimum Gasteiger partial charge on any atom is -0.380 e. The molecule has 3 heteroatoms. The lowest BCUT2D eigenvalue weighted by Gasteiger charge is -2.02. The summed E-state index contributed by atoms with van der Waals surface area (Å²) in [5, 5.41) is 3.00. The first kappa shape index (κ1) is 9.98. The quantitative estimate of drug-likeness (QED) is 0.651. The Kier molecular flexibility index (Phi) is 5.73. The molecule has 0 bridgehead atoms. The SMILES string of the molecule is [CH]CC(=S)CCNC(C)=S. The predicted molar refractivity (Wildman–Crippen MR) is 52.4 cm³/mol. The fourth-order valence-electron chi connectivity index (χ4n) is 0.480. The van der Waals surface area contributed by atoms with E-state index in [1.54, 1.807) is 0 Å². The molecular weight excluding hydrogens is 162 g/mol. The third kappa shape index (κ3) is 6.11. The van der Waals surface area contributed by atoms with E-state index in [0.29, 0.717) is 6.42 Å². The smallest absolute Gasteiger partial charge is 0.0722 e. The molecule has 10 heavy (non-hydrogen) atoms. The van der Waals surface area contributed by atoms with Crippen molar-refractivity contribution in [1.82, 2.24) is 5.32 Å². The van der Waals surface area contributed by atoms with Crippen molar-refractivity contribution in [3.63, 3.8) is 0 Å². The number of hydrogen-bond acceptors (Lipinski definition) is 2. The molecule has 0 aromatic heterocycles. The molecule has 0 aromatic rings. The molecule has 0 saturated carbocycles. The molecule has 0 aliphatic carbocycles. The highest BCUT2D eigenvalue weighted by atomic mass is 32.1. The Morgan fingerprint density at radius 1 is 1.50 bits per heavy atom. The van der Waals surface area contributed by atoms with Crippen LogP contribution in [0.3, 0.4) is 0 Å². The highest BCUT2D eigenvalue weighted by Crippen LogP contribution is 1.89. The molecule has 56 valence electrons. The van der Waals surface area contributed by atoms with Crippen molar-refractivity contribution in [3.8, 4) is 0 Å². The largest absolute Gasteiger partial charge is 0.380 e. The van der Waals surface area contributed by atoms with Gasteiger partial charge in [-0.15, -0.1) is 0 Å². The highest BCUT2D eigenvalue weighted by molar-refractivity contribution is 7.80. The van der Waals surface area contributed by atoms with Crippen LogP contribution in [-0.4, -0.2) is 16.4 Å². The molecule has 0 fully saturated rings. The molecule has 0 spiro atoms. The van der Waals surface area contributed by atoms with E-state index in [4.69, 9.17) is 31.4 Å². The third-order valence-corrected chi connectivity index (χ3v) is 1.52. The van der Waals surface area contributed by atoms with Gasteiger partial charge < -0.3 is 5.32 Å². The van der Waals surface area contributed by atoms with E-state index < -0.39 is 0 Å². The van der Waals surface area contributed by atoms with Crippen LogP contribution in [0.2, 0.25) is 0 Å². The van der Waals surface area contributed by atoms with Crippen molar-refractivity contribution in [2.45, 2.75) is 19.8 Å². The van der Waals surface area contributed by atoms with E-state index in [-0.39, 0.29) is 0 Å². The lowest BCUT2D eigenvalue weighted by molar-refractivity contribution is 0.920. The summed E-state index contributed by atoms with van der Waals surface area (Å²) >= 11 is 9.70. The molecule has 0 atom stereocenters. The van der Waals surface area contributed by atoms with Gasteiger partial charge in [0.05, 0.1) is 4.99 Å². The maximum atomic E-state index is 5.29. The molecule has 0 unspecified atom stereocenters. The van der Waals surface area contributed by atoms with Gasteiger partial charge >= 0.3 is 0 Å². The molecule has 1 nitrogen and oxygen atoms in total. The van der Waals surface area contributed by atoms with Crippen LogP contribution in [0.25, 0.3) is 0 Å². The lowest BCUT2D eigenvalue weighted by atomic mass is 10.2. The Labute approximate surface area is 73.2 Å². The number of rotatable bonds is 4. The maximum absolute atomic E-state index is 5.29. The monoisotopic (exact) mass is 173 g/mol. The first-order valence-electron chi connectivity index (χ1n) is 3.13. The summed E-state index contributed by atoms with van der Waals surface area (Å²) < 4.78 is 0. The first-order chi connectivity index (χ1) is 4.66. The zero-order chi connectivity index (χ0) is 7.98. The Balaban J connectivity index is 3.20. The van der Waals surface area contributed by atoms with Gasteiger partial charge in [0.1, 0.15) is 0 Å². The summed E-state index contributed by atoms with van der Waals surface area (Å²) in [5.74, 6) is 0. The minimum absolute atomic E-state index is 0.494. The number of nitrogens with one attached hydrogen (secondary N) is 1. The summed E-state index contributed by atoms with van der Waals surface area (Å²) in [4.78, 5) is 1.70. The van der Waals surface area contributed by atoms with Crippen LogP contribution in [-0.2, 0) is 0 Å². The van der Waals surface area contributed by atoms with Crippen LogP contribution in [0.15, 0.2) is 0 Å². The second kappa shape index (κ2) is 5.74. The van der Waals surface area contributed by atoms with Crippen LogP contribution < -0.4 is 5.32 Å². The molecule has 1 N–H and O–H groups in total. The van der Waals surface area contributed by atoms with E-state index in [1.165, 1.54) is 0 Å². The summed E-state index contributed by atoms with van der Waals surface area (Å²) in [6.07, 6.45) is 1.33. The Bertz CT molecular complexity index is 132. The maximum Gasteiger partial charge on any atom is 0.0722 e. The van der Waals surface area contributed by atoms with Gasteiger partial charge in [-0.3, -0.25) is 0 Å². The van der Waals surface area contributed by atoms with E-state index >= 15 is 0 Å². The van der Waals surface area contributed by atoms with E-state index in [1.807, 2.05) is 6.92 Å². The molecule has 0 aliphatic rings. The summed E-state index contributed by atoms with van der Waals surface area (Å²) in [7, 11) is 0. The van der Waals surface area contributed by atoms with Gasteiger partial charge in [-0.1, -0.05) is 24.4 Å². The average Bonchev–Trinajstić information content (AvgIpc) is 1.87. The predicted octanol–water partition coefficient (Wildman–Crippen LogP) is 1.78. The molecule has 2 radical (unpaired) electrons. The van der Waals surface area contributed by atoms with Gasteiger partial charge in [0, 0.05) is 6.54 Å². The average molecular weight is 173 g/mol. The highest BCUT2D eigenvalue weighted by Gasteiger charge is 1.92. The van der Waals surface area contributed by atoms with Gasteiger partial charge in [-0.05, 0) is 31.6 Å². The van der Waals surface area contributed by atoms with Crippen molar-refractivity contribution in [2.75, 3.05) is 6.54 Å². The topological polar surface area (TPSA) is 12.0 Å². The van der Waals surface area contributed by atoms with Crippen molar-refractivity contribution in [3.05, 3.63) is 6.92 Å². The van der Waals surface area contributed by atoms with Crippen LogP contribution in [0.5, 0.6) is 0 Å². The standard InChI is InChI=1S/C7H11NS2/c1-3-7(10)4-5-8-6(2)9/h1H,3-5H2,2H3,(H,8,9). The van der Waals surface area contributed by atoms with Gasteiger partial charge in [0.2, 0.25) is 0 Å². The molecule has 0 rings (SSSR count). The van der Waals surface area contributed by atoms with E-state index in [9.17, 15) is 0 Å². The summed E-state index contributed by atoms with van der Waals surface area (Å²) in [5.41, 5.74) is 0. The second-order valence-electron chi connectivity index (χ2n) is 1.98. The molecule has 0 heterocycles. The van der Waals surface area contributed by atoms with Gasteiger partial charge in [0.25, 0.3) is 0 Å². The molecule has 0 aromatic carbocycles. The third-order valence-electron chi connectivity index (χ3n) is 1.01. The summed E-state index contributed by atoms with van der Waals surface area (Å²) in [6, 6.07) is 0. The molecule has 0 aliphatic heterocycles. The zero-order valence-electron chi connectivity index (χ0n) is 6.02. The van der Waals surface area contributed by atoms with Crippen LogP contribution >= 0.6 is 24.4 Å². The molecule has 0 amide bonds. The van der Waals surface area contributed by atoms with E-state index in [2.05, 4.69) is 5.32 Å². The van der Waals surface area contributed by atoms with Gasteiger partial charge in [0.15, 0.2) is 0 Å². The lowest BCUT2D eigenvalue weighted by Crippen LogP contribution is -2.20. The van der Waals surface area contributed by atoms with Crippen LogP contribution in [0, 0.1) is 6.92 Å². The molecular formula is C7H11NS2. The normalized spacial score (nSPS) is 9.00. The molecule has 0 saturated heterocycles. The second-order valence-corrected chi connectivity index (χ2v) is 3.17. The van der Waals surface area contributed by atoms with Crippen molar-refractivity contribution in [2.24, 2.45) is 0 Å². The van der Waals surface area contributed by atoms with Crippen molar-refractivity contribution < 1.29 is 0 Å². The van der Waals surface area contributed by atoms with Crippen molar-refractivity contribution >= 4 is 34.3 Å². The van der Waals surface area contributed by atoms with Crippen LogP contribution in [0.1, 0.15) is 19.8 Å². The van der Waals surface area contributed by atoms with Crippen molar-refractivity contribution in [1.29, 1.82) is 0 Å². The van der Waals surface area contributed by atoms with E-state index in [0.717, 1.165) is 22.8 Å². The fraction of sp³-hybridized carbons (Fsp3) is 0.571.